The number of ether oxygens (including phenoxy) is 1. The number of aromatic nitrogens is 2. The molecule has 4 rings (SSSR count). The van der Waals surface area contributed by atoms with Crippen LogP contribution in [0.25, 0.3) is 5.65 Å². The van der Waals surface area contributed by atoms with Crippen molar-refractivity contribution in [1.82, 2.24) is 9.38 Å². The first-order chi connectivity index (χ1) is 15.7. The summed E-state index contributed by atoms with van der Waals surface area (Å²) < 4.78 is 46.9. The summed E-state index contributed by atoms with van der Waals surface area (Å²) in [6.07, 6.45) is 1.35. The predicted molar refractivity (Wildman–Crippen MR) is 117 cm³/mol. The number of anilines is 1. The highest BCUT2D eigenvalue weighted by molar-refractivity contribution is 7.92. The van der Waals surface area contributed by atoms with E-state index in [1.165, 1.54) is 61.8 Å². The molecule has 0 unspecified atom stereocenters. The van der Waals surface area contributed by atoms with E-state index in [0.717, 1.165) is 20.8 Å². The molecule has 0 N–H and O–H groups in total. The van der Waals surface area contributed by atoms with E-state index in [-0.39, 0.29) is 17.1 Å². The van der Waals surface area contributed by atoms with Gasteiger partial charge in [0, 0.05) is 13.2 Å². The van der Waals surface area contributed by atoms with Gasteiger partial charge >= 0.3 is 17.1 Å². The van der Waals surface area contributed by atoms with E-state index < -0.39 is 42.8 Å². The summed E-state index contributed by atoms with van der Waals surface area (Å²) in [5.41, 5.74) is -1.42. The van der Waals surface area contributed by atoms with Crippen LogP contribution in [0.15, 0.2) is 82.6 Å². The molecule has 0 radical (unpaired) electrons. The molecule has 168 valence electrons. The van der Waals surface area contributed by atoms with Crippen LogP contribution < -0.4 is 14.6 Å². The normalized spacial score (nSPS) is 11.3. The van der Waals surface area contributed by atoms with Gasteiger partial charge in [-0.25, -0.2) is 12.8 Å². The molecule has 2 aromatic carbocycles. The maximum atomic E-state index is 14.0. The van der Waals surface area contributed by atoms with Crippen LogP contribution in [0.5, 0.6) is 11.6 Å². The van der Waals surface area contributed by atoms with Gasteiger partial charge in [-0.05, 0) is 48.5 Å². The molecule has 0 fully saturated rings. The van der Waals surface area contributed by atoms with Crippen molar-refractivity contribution in [3.05, 3.63) is 99.2 Å². The minimum Gasteiger partial charge on any atom is -0.433 e. The third kappa shape index (κ3) is 3.99. The van der Waals surface area contributed by atoms with Crippen molar-refractivity contribution >= 4 is 27.0 Å². The number of nitro groups is 1. The lowest BCUT2D eigenvalue weighted by Gasteiger charge is -2.20. The Balaban J connectivity index is 1.67. The minimum absolute atomic E-state index is 0.0747. The zero-order valence-electron chi connectivity index (χ0n) is 17.0. The quantitative estimate of drug-likeness (QED) is 0.313. The van der Waals surface area contributed by atoms with Crippen LogP contribution in [-0.4, -0.2) is 29.8 Å². The number of fused-ring (bicyclic) bond motifs is 1. The van der Waals surface area contributed by atoms with Crippen molar-refractivity contribution in [2.24, 2.45) is 0 Å². The number of rotatable bonds is 6. The van der Waals surface area contributed by atoms with Gasteiger partial charge in [-0.2, -0.15) is 4.98 Å². The maximum absolute atomic E-state index is 14.0. The third-order valence-electron chi connectivity index (χ3n) is 4.75. The fourth-order valence-electron chi connectivity index (χ4n) is 3.06. The van der Waals surface area contributed by atoms with Crippen LogP contribution in [0.2, 0.25) is 0 Å². The van der Waals surface area contributed by atoms with Gasteiger partial charge in [-0.15, -0.1) is 0 Å². The van der Waals surface area contributed by atoms with Crippen LogP contribution in [0.4, 0.5) is 15.8 Å². The number of hydrogen-bond donors (Lipinski definition) is 0. The lowest BCUT2D eigenvalue weighted by molar-refractivity contribution is -0.387. The van der Waals surface area contributed by atoms with E-state index in [2.05, 4.69) is 4.98 Å². The van der Waals surface area contributed by atoms with Gasteiger partial charge in [-0.3, -0.25) is 23.6 Å². The molecule has 12 heteroatoms. The fraction of sp³-hybridized carbons (Fsp3) is 0.0476. The SMILES string of the molecule is CN(c1ccc(Oc2nc3ccccn3c(=O)c2[N+](=O)[O-])cc1)S(=O)(=O)c1ccccc1F. The number of benzene rings is 2. The number of nitrogens with zero attached hydrogens (tertiary/aromatic N) is 4. The summed E-state index contributed by atoms with van der Waals surface area (Å²) in [6, 6.07) is 15.1. The van der Waals surface area contributed by atoms with E-state index in [1.807, 2.05) is 0 Å². The Labute approximate surface area is 186 Å². The molecule has 0 saturated carbocycles. The largest absolute Gasteiger partial charge is 0.433 e. The van der Waals surface area contributed by atoms with Crippen LogP contribution in [-0.2, 0) is 10.0 Å². The van der Waals surface area contributed by atoms with Gasteiger partial charge in [0.2, 0.25) is 0 Å². The molecule has 2 aromatic heterocycles. The average molecular weight is 470 g/mol. The summed E-state index contributed by atoms with van der Waals surface area (Å²) in [6.45, 7) is 0. The van der Waals surface area contributed by atoms with Gasteiger partial charge < -0.3 is 4.74 Å². The highest BCUT2D eigenvalue weighted by atomic mass is 32.2. The molecule has 4 aromatic rings. The standard InChI is InChI=1S/C21H15FN4O6S/c1-24(33(30,31)17-7-3-2-6-16(17)22)14-9-11-15(12-10-14)32-20-19(26(28)29)21(27)25-13-5-4-8-18(25)23-20/h2-13H,1H3. The van der Waals surface area contributed by atoms with Crippen LogP contribution in [0.3, 0.4) is 0 Å². The van der Waals surface area contributed by atoms with Crippen molar-refractivity contribution < 1.29 is 22.5 Å². The van der Waals surface area contributed by atoms with Crippen molar-refractivity contribution in [2.75, 3.05) is 11.4 Å². The van der Waals surface area contributed by atoms with E-state index in [1.54, 1.807) is 6.07 Å². The summed E-state index contributed by atoms with van der Waals surface area (Å²) >= 11 is 0. The molecule has 0 saturated heterocycles. The van der Waals surface area contributed by atoms with Crippen molar-refractivity contribution in [3.8, 4) is 11.6 Å². The number of pyridine rings is 1. The van der Waals surface area contributed by atoms with E-state index >= 15 is 0 Å². The molecule has 0 bridgehead atoms. The van der Waals surface area contributed by atoms with Crippen molar-refractivity contribution in [3.63, 3.8) is 0 Å². The van der Waals surface area contributed by atoms with Gasteiger partial charge in [0.05, 0.1) is 10.6 Å². The molecular weight excluding hydrogens is 455 g/mol. The molecule has 0 aliphatic rings. The second-order valence-corrected chi connectivity index (χ2v) is 8.69. The monoisotopic (exact) mass is 470 g/mol. The molecule has 33 heavy (non-hydrogen) atoms. The smallest absolute Gasteiger partial charge is 0.396 e. The lowest BCUT2D eigenvalue weighted by Crippen LogP contribution is -2.27. The van der Waals surface area contributed by atoms with Gasteiger partial charge in [0.15, 0.2) is 0 Å². The molecule has 0 atom stereocenters. The summed E-state index contributed by atoms with van der Waals surface area (Å²) in [5, 5.41) is 11.5. The third-order valence-corrected chi connectivity index (χ3v) is 6.57. The lowest BCUT2D eigenvalue weighted by atomic mass is 10.3. The Morgan fingerprint density at radius 3 is 2.39 bits per heavy atom. The topological polar surface area (TPSA) is 124 Å². The molecule has 10 nitrogen and oxygen atoms in total. The highest BCUT2D eigenvalue weighted by Crippen LogP contribution is 2.30. The number of sulfonamides is 1. The minimum atomic E-state index is -4.17. The molecule has 2 heterocycles. The fourth-order valence-corrected chi connectivity index (χ4v) is 4.32. The first-order valence-corrected chi connectivity index (χ1v) is 10.8. The Hall–Kier alpha value is -4.32. The number of hydrogen-bond acceptors (Lipinski definition) is 7. The number of halogens is 1. The Morgan fingerprint density at radius 1 is 1.06 bits per heavy atom. The average Bonchev–Trinajstić information content (AvgIpc) is 2.79. The maximum Gasteiger partial charge on any atom is 0.396 e. The van der Waals surface area contributed by atoms with Gasteiger partial charge in [-0.1, -0.05) is 18.2 Å². The first-order valence-electron chi connectivity index (χ1n) is 9.37. The molecular formula is C21H15FN4O6S. The molecule has 0 amide bonds. The zero-order chi connectivity index (χ0) is 23.8. The van der Waals surface area contributed by atoms with Crippen molar-refractivity contribution in [1.29, 1.82) is 0 Å². The Morgan fingerprint density at radius 2 is 1.73 bits per heavy atom. The molecule has 0 spiro atoms. The Bertz CT molecular complexity index is 1540. The first kappa shape index (κ1) is 21.9. The van der Waals surface area contributed by atoms with Crippen LogP contribution in [0, 0.1) is 15.9 Å². The van der Waals surface area contributed by atoms with E-state index in [9.17, 15) is 27.7 Å². The van der Waals surface area contributed by atoms with Crippen LogP contribution >= 0.6 is 0 Å². The van der Waals surface area contributed by atoms with Gasteiger partial charge in [0.1, 0.15) is 22.1 Å². The zero-order valence-corrected chi connectivity index (χ0v) is 17.8. The van der Waals surface area contributed by atoms with Gasteiger partial charge in [0.25, 0.3) is 10.0 Å². The Kier molecular flexibility index (Phi) is 5.52. The summed E-state index contributed by atoms with van der Waals surface area (Å²) in [5.74, 6) is -1.31. The molecule has 0 aliphatic heterocycles. The van der Waals surface area contributed by atoms with Crippen LogP contribution in [0.1, 0.15) is 0 Å². The van der Waals surface area contributed by atoms with Crippen molar-refractivity contribution in [2.45, 2.75) is 4.90 Å². The predicted octanol–water partition coefficient (Wildman–Crippen LogP) is 3.36. The highest BCUT2D eigenvalue weighted by Gasteiger charge is 2.27. The summed E-state index contributed by atoms with van der Waals surface area (Å²) in [7, 11) is -2.91. The van der Waals surface area contributed by atoms with E-state index in [4.69, 9.17) is 4.74 Å². The van der Waals surface area contributed by atoms with E-state index in [0.29, 0.717) is 0 Å². The molecule has 0 aliphatic carbocycles. The summed E-state index contributed by atoms with van der Waals surface area (Å²) in [4.78, 5) is 26.6. The second-order valence-electron chi connectivity index (χ2n) is 6.76. The second kappa shape index (κ2) is 8.31.